The maximum Gasteiger partial charge on any atom is 0.243 e. The summed E-state index contributed by atoms with van der Waals surface area (Å²) in [5.74, 6) is 0.225. The number of nitrogens with one attached hydrogen (secondary N) is 2. The fourth-order valence-corrected chi connectivity index (χ4v) is 2.86. The van der Waals surface area contributed by atoms with Gasteiger partial charge in [-0.25, -0.2) is 0 Å². The number of amides is 3. The van der Waals surface area contributed by atoms with Crippen LogP contribution in [0.25, 0.3) is 0 Å². The van der Waals surface area contributed by atoms with Gasteiger partial charge in [0.05, 0.1) is 18.1 Å². The summed E-state index contributed by atoms with van der Waals surface area (Å²) in [6, 6.07) is 8.27. The molecule has 0 bridgehead atoms. The van der Waals surface area contributed by atoms with Crippen molar-refractivity contribution in [3.63, 3.8) is 0 Å². The van der Waals surface area contributed by atoms with Gasteiger partial charge in [0.1, 0.15) is 5.76 Å². The predicted octanol–water partition coefficient (Wildman–Crippen LogP) is 2.41. The van der Waals surface area contributed by atoms with Crippen LogP contribution in [0.3, 0.4) is 0 Å². The van der Waals surface area contributed by atoms with Gasteiger partial charge in [0, 0.05) is 23.8 Å². The SMILES string of the molecule is Cc1cc(NC(=O)CSCC(=O)N(C)CC(=O)Nc2ccc(Cl)cc2)no1. The van der Waals surface area contributed by atoms with Gasteiger partial charge in [-0.15, -0.1) is 11.8 Å². The van der Waals surface area contributed by atoms with E-state index in [4.69, 9.17) is 16.1 Å². The molecule has 10 heteroatoms. The number of carbonyl (C=O) groups is 3. The number of likely N-dealkylation sites (N-methyl/N-ethyl adjacent to an activating group) is 1. The minimum atomic E-state index is -0.322. The Kier molecular flexibility index (Phi) is 7.68. The van der Waals surface area contributed by atoms with Gasteiger partial charge in [-0.3, -0.25) is 14.4 Å². The molecule has 0 radical (unpaired) electrons. The number of nitrogens with zero attached hydrogens (tertiary/aromatic N) is 2. The Labute approximate surface area is 165 Å². The van der Waals surface area contributed by atoms with Gasteiger partial charge in [-0.1, -0.05) is 16.8 Å². The van der Waals surface area contributed by atoms with Gasteiger partial charge in [0.15, 0.2) is 5.82 Å². The number of carbonyl (C=O) groups excluding carboxylic acids is 3. The summed E-state index contributed by atoms with van der Waals surface area (Å²) in [6.45, 7) is 1.63. The average Bonchev–Trinajstić information content (AvgIpc) is 3.01. The van der Waals surface area contributed by atoms with E-state index >= 15 is 0 Å². The Balaban J connectivity index is 1.67. The van der Waals surface area contributed by atoms with E-state index in [-0.39, 0.29) is 35.8 Å². The average molecular weight is 411 g/mol. The minimum absolute atomic E-state index is 0.0794. The molecule has 0 saturated heterocycles. The molecule has 1 aromatic heterocycles. The molecule has 1 heterocycles. The zero-order valence-electron chi connectivity index (χ0n) is 14.8. The van der Waals surface area contributed by atoms with Gasteiger partial charge in [-0.2, -0.15) is 0 Å². The molecule has 0 aliphatic heterocycles. The van der Waals surface area contributed by atoms with E-state index < -0.39 is 0 Å². The molecule has 0 fully saturated rings. The Bertz CT molecular complexity index is 810. The van der Waals surface area contributed by atoms with Crippen LogP contribution in [0.5, 0.6) is 0 Å². The third kappa shape index (κ3) is 7.32. The lowest BCUT2D eigenvalue weighted by atomic mass is 10.3. The molecule has 0 spiro atoms. The second-order valence-electron chi connectivity index (χ2n) is 5.67. The van der Waals surface area contributed by atoms with Crippen LogP contribution in [0.4, 0.5) is 11.5 Å². The van der Waals surface area contributed by atoms with E-state index in [0.717, 1.165) is 11.8 Å². The first-order valence-corrected chi connectivity index (χ1v) is 9.47. The van der Waals surface area contributed by atoms with E-state index in [1.807, 2.05) is 0 Å². The maximum atomic E-state index is 12.1. The Morgan fingerprint density at radius 1 is 1.15 bits per heavy atom. The van der Waals surface area contributed by atoms with Crippen molar-refractivity contribution in [2.75, 3.05) is 35.7 Å². The molecule has 2 rings (SSSR count). The molecule has 1 aromatic carbocycles. The van der Waals surface area contributed by atoms with Crippen LogP contribution < -0.4 is 10.6 Å². The van der Waals surface area contributed by atoms with Crippen LogP contribution in [0, 0.1) is 6.92 Å². The largest absolute Gasteiger partial charge is 0.360 e. The second-order valence-corrected chi connectivity index (χ2v) is 7.09. The summed E-state index contributed by atoms with van der Waals surface area (Å²) in [5.41, 5.74) is 0.597. The quantitative estimate of drug-likeness (QED) is 0.692. The first-order valence-electron chi connectivity index (χ1n) is 7.94. The molecule has 0 aliphatic rings. The van der Waals surface area contributed by atoms with Gasteiger partial charge in [0.25, 0.3) is 0 Å². The van der Waals surface area contributed by atoms with E-state index in [0.29, 0.717) is 22.3 Å². The summed E-state index contributed by atoms with van der Waals surface area (Å²) in [5, 5.41) is 9.47. The summed E-state index contributed by atoms with van der Waals surface area (Å²) in [6.07, 6.45) is 0. The number of hydrogen-bond donors (Lipinski definition) is 2. The normalized spacial score (nSPS) is 10.3. The highest BCUT2D eigenvalue weighted by atomic mass is 35.5. The number of anilines is 2. The minimum Gasteiger partial charge on any atom is -0.360 e. The highest BCUT2D eigenvalue weighted by Gasteiger charge is 2.14. The highest BCUT2D eigenvalue weighted by Crippen LogP contribution is 2.13. The number of rotatable bonds is 8. The third-order valence-corrected chi connectivity index (χ3v) is 4.46. The van der Waals surface area contributed by atoms with Crippen LogP contribution >= 0.6 is 23.4 Å². The van der Waals surface area contributed by atoms with Gasteiger partial charge in [-0.05, 0) is 31.2 Å². The van der Waals surface area contributed by atoms with Crippen LogP contribution in [0.1, 0.15) is 5.76 Å². The lowest BCUT2D eigenvalue weighted by Crippen LogP contribution is -2.36. The fraction of sp³-hybridized carbons (Fsp3) is 0.294. The summed E-state index contributed by atoms with van der Waals surface area (Å²) in [7, 11) is 1.53. The second kappa shape index (κ2) is 9.98. The van der Waals surface area contributed by atoms with Crippen LogP contribution in [0.2, 0.25) is 5.02 Å². The Morgan fingerprint density at radius 3 is 2.48 bits per heavy atom. The van der Waals surface area contributed by atoms with Crippen LogP contribution in [-0.4, -0.2) is 52.9 Å². The molecular formula is C17H19ClN4O4S. The van der Waals surface area contributed by atoms with Crippen molar-refractivity contribution in [3.8, 4) is 0 Å². The maximum absolute atomic E-state index is 12.1. The molecule has 2 aromatic rings. The van der Waals surface area contributed by atoms with Crippen molar-refractivity contribution in [1.29, 1.82) is 0 Å². The first kappa shape index (κ1) is 20.8. The van der Waals surface area contributed by atoms with Gasteiger partial charge < -0.3 is 20.1 Å². The Hall–Kier alpha value is -2.52. The molecule has 2 N–H and O–H groups in total. The third-order valence-electron chi connectivity index (χ3n) is 3.29. The van der Waals surface area contributed by atoms with Crippen molar-refractivity contribution in [2.24, 2.45) is 0 Å². The van der Waals surface area contributed by atoms with Gasteiger partial charge >= 0.3 is 0 Å². The zero-order chi connectivity index (χ0) is 19.8. The van der Waals surface area contributed by atoms with E-state index in [1.54, 1.807) is 37.3 Å². The van der Waals surface area contributed by atoms with E-state index in [1.165, 1.54) is 11.9 Å². The van der Waals surface area contributed by atoms with Gasteiger partial charge in [0.2, 0.25) is 17.7 Å². The molecule has 0 aliphatic carbocycles. The number of hydrogen-bond acceptors (Lipinski definition) is 6. The van der Waals surface area contributed by atoms with E-state index in [2.05, 4.69) is 15.8 Å². The number of halogens is 1. The summed E-state index contributed by atoms with van der Waals surface area (Å²) < 4.78 is 4.85. The lowest BCUT2D eigenvalue weighted by Gasteiger charge is -2.16. The zero-order valence-corrected chi connectivity index (χ0v) is 16.4. The molecule has 27 heavy (non-hydrogen) atoms. The molecule has 0 atom stereocenters. The number of thioether (sulfide) groups is 1. The smallest absolute Gasteiger partial charge is 0.243 e. The highest BCUT2D eigenvalue weighted by molar-refractivity contribution is 8.00. The predicted molar refractivity (Wildman–Crippen MR) is 105 cm³/mol. The Morgan fingerprint density at radius 2 is 1.85 bits per heavy atom. The molecule has 144 valence electrons. The van der Waals surface area contributed by atoms with E-state index in [9.17, 15) is 14.4 Å². The molecule has 0 saturated carbocycles. The first-order chi connectivity index (χ1) is 12.8. The number of benzene rings is 1. The van der Waals surface area contributed by atoms with Crippen molar-refractivity contribution in [2.45, 2.75) is 6.92 Å². The summed E-state index contributed by atoms with van der Waals surface area (Å²) >= 11 is 6.94. The standard InChI is InChI=1S/C17H19ClN4O4S/c1-11-7-14(21-26-11)20-16(24)9-27-10-17(25)22(2)8-15(23)19-13-5-3-12(18)4-6-13/h3-7H,8-10H2,1-2H3,(H,19,23)(H,20,21,24). The summed E-state index contributed by atoms with van der Waals surface area (Å²) in [4.78, 5) is 37.1. The monoisotopic (exact) mass is 410 g/mol. The van der Waals surface area contributed by atoms with Crippen molar-refractivity contribution in [1.82, 2.24) is 10.1 Å². The molecule has 3 amide bonds. The van der Waals surface area contributed by atoms with Crippen molar-refractivity contribution in [3.05, 3.63) is 41.1 Å². The molecule has 0 unspecified atom stereocenters. The fourth-order valence-electron chi connectivity index (χ4n) is 1.98. The molecular weight excluding hydrogens is 392 g/mol. The van der Waals surface area contributed by atoms with Crippen LogP contribution in [0.15, 0.2) is 34.9 Å². The molecule has 8 nitrogen and oxygen atoms in total. The van der Waals surface area contributed by atoms with Crippen molar-refractivity contribution >= 4 is 52.6 Å². The number of aromatic nitrogens is 1. The van der Waals surface area contributed by atoms with Crippen molar-refractivity contribution < 1.29 is 18.9 Å². The van der Waals surface area contributed by atoms with Crippen LogP contribution in [-0.2, 0) is 14.4 Å². The number of aryl methyl sites for hydroxylation is 1. The lowest BCUT2D eigenvalue weighted by molar-refractivity contribution is -0.131. The topological polar surface area (TPSA) is 105 Å².